The zero-order valence-corrected chi connectivity index (χ0v) is 12.1. The maximum absolute atomic E-state index is 11.9. The average Bonchev–Trinajstić information content (AvgIpc) is 2.40. The predicted octanol–water partition coefficient (Wildman–Crippen LogP) is 0.801. The molecule has 1 aromatic heterocycles. The molecule has 0 fully saturated rings. The van der Waals surface area contributed by atoms with Gasteiger partial charge in [0.25, 0.3) is 11.5 Å². The molecule has 0 aliphatic rings. The number of nitrogens with zero attached hydrogens (tertiary/aromatic N) is 1. The monoisotopic (exact) mass is 263 g/mol. The van der Waals surface area contributed by atoms with Crippen molar-refractivity contribution in [2.24, 2.45) is 7.05 Å². The summed E-state index contributed by atoms with van der Waals surface area (Å²) in [6, 6.07) is 1.66. The molecule has 0 aromatic carbocycles. The molecule has 1 rings (SSSR count). The van der Waals surface area contributed by atoms with Crippen molar-refractivity contribution in [3.05, 3.63) is 45.0 Å². The first-order chi connectivity index (χ1) is 8.90. The van der Waals surface area contributed by atoms with E-state index in [1.165, 1.54) is 17.2 Å². The predicted molar refractivity (Wildman–Crippen MR) is 76.2 cm³/mol. The van der Waals surface area contributed by atoms with E-state index in [2.05, 4.69) is 10.6 Å². The highest BCUT2D eigenvalue weighted by molar-refractivity contribution is 5.93. The Morgan fingerprint density at radius 3 is 2.42 bits per heavy atom. The third-order valence-electron chi connectivity index (χ3n) is 3.20. The SMILES string of the molecule is CNC(=O)c1cc(C/C(C)=C(\C)NC)cn(C)c1=O. The molecule has 0 saturated heterocycles. The number of pyridine rings is 1. The van der Waals surface area contributed by atoms with Crippen LogP contribution in [0.2, 0.25) is 0 Å². The van der Waals surface area contributed by atoms with Crippen LogP contribution >= 0.6 is 0 Å². The van der Waals surface area contributed by atoms with Crippen molar-refractivity contribution in [3.8, 4) is 0 Å². The summed E-state index contributed by atoms with van der Waals surface area (Å²) in [6.45, 7) is 4.02. The van der Waals surface area contributed by atoms with Crippen LogP contribution in [0.5, 0.6) is 0 Å². The third-order valence-corrected chi connectivity index (χ3v) is 3.20. The van der Waals surface area contributed by atoms with Crippen LogP contribution in [0.25, 0.3) is 0 Å². The Hall–Kier alpha value is -2.04. The summed E-state index contributed by atoms with van der Waals surface area (Å²) in [6.07, 6.45) is 2.46. The molecule has 2 N–H and O–H groups in total. The summed E-state index contributed by atoms with van der Waals surface area (Å²) in [7, 11) is 5.04. The van der Waals surface area contributed by atoms with Crippen LogP contribution < -0.4 is 16.2 Å². The van der Waals surface area contributed by atoms with Gasteiger partial charge in [-0.05, 0) is 31.9 Å². The first-order valence-electron chi connectivity index (χ1n) is 6.16. The highest BCUT2D eigenvalue weighted by Crippen LogP contribution is 2.10. The molecule has 104 valence electrons. The lowest BCUT2D eigenvalue weighted by Gasteiger charge is -2.10. The molecule has 5 heteroatoms. The Labute approximate surface area is 113 Å². The molecule has 0 radical (unpaired) electrons. The fourth-order valence-corrected chi connectivity index (χ4v) is 1.83. The molecule has 0 unspecified atom stereocenters. The van der Waals surface area contributed by atoms with Gasteiger partial charge in [0, 0.05) is 33.0 Å². The molecule has 1 heterocycles. The van der Waals surface area contributed by atoms with Gasteiger partial charge in [-0.2, -0.15) is 0 Å². The van der Waals surface area contributed by atoms with E-state index in [1.54, 1.807) is 19.3 Å². The van der Waals surface area contributed by atoms with Crippen molar-refractivity contribution in [2.45, 2.75) is 20.3 Å². The van der Waals surface area contributed by atoms with E-state index in [9.17, 15) is 9.59 Å². The molecule has 19 heavy (non-hydrogen) atoms. The number of hydrogen-bond acceptors (Lipinski definition) is 3. The van der Waals surface area contributed by atoms with Crippen LogP contribution in [0.3, 0.4) is 0 Å². The van der Waals surface area contributed by atoms with E-state index < -0.39 is 0 Å². The van der Waals surface area contributed by atoms with Crippen LogP contribution in [-0.4, -0.2) is 24.6 Å². The van der Waals surface area contributed by atoms with Gasteiger partial charge in [0.1, 0.15) is 5.56 Å². The van der Waals surface area contributed by atoms with Gasteiger partial charge in [0.05, 0.1) is 0 Å². The number of amides is 1. The van der Waals surface area contributed by atoms with Crippen molar-refractivity contribution in [1.29, 1.82) is 0 Å². The lowest BCUT2D eigenvalue weighted by molar-refractivity contribution is 0.0961. The van der Waals surface area contributed by atoms with Crippen LogP contribution in [0, 0.1) is 0 Å². The molecule has 0 atom stereocenters. The fourth-order valence-electron chi connectivity index (χ4n) is 1.83. The molecule has 0 aliphatic carbocycles. The van der Waals surface area contributed by atoms with E-state index in [-0.39, 0.29) is 17.0 Å². The number of carbonyl (C=O) groups is 1. The van der Waals surface area contributed by atoms with Crippen LogP contribution in [0.1, 0.15) is 29.8 Å². The van der Waals surface area contributed by atoms with Crippen molar-refractivity contribution >= 4 is 5.91 Å². The number of aromatic nitrogens is 1. The summed E-state index contributed by atoms with van der Waals surface area (Å²) in [5, 5.41) is 5.58. The number of aryl methyl sites for hydroxylation is 1. The summed E-state index contributed by atoms with van der Waals surface area (Å²) in [5.41, 5.74) is 3.10. The quantitative estimate of drug-likeness (QED) is 0.844. The van der Waals surface area contributed by atoms with Crippen molar-refractivity contribution in [3.63, 3.8) is 0 Å². The average molecular weight is 263 g/mol. The minimum Gasteiger partial charge on any atom is -0.392 e. The lowest BCUT2D eigenvalue weighted by Crippen LogP contribution is -2.30. The van der Waals surface area contributed by atoms with Gasteiger partial charge in [-0.25, -0.2) is 0 Å². The normalized spacial score (nSPS) is 11.8. The zero-order valence-electron chi connectivity index (χ0n) is 12.1. The Bertz CT molecular complexity index is 571. The number of hydrogen-bond donors (Lipinski definition) is 2. The topological polar surface area (TPSA) is 63.1 Å². The molecular formula is C14H21N3O2. The summed E-state index contributed by atoms with van der Waals surface area (Å²) < 4.78 is 1.45. The molecule has 0 bridgehead atoms. The number of rotatable bonds is 4. The highest BCUT2D eigenvalue weighted by atomic mass is 16.2. The number of allylic oxidation sites excluding steroid dienone is 2. The molecular weight excluding hydrogens is 242 g/mol. The first kappa shape index (κ1) is 15.0. The van der Waals surface area contributed by atoms with Crippen LogP contribution in [0.15, 0.2) is 28.3 Å². The molecule has 0 aliphatic heterocycles. The van der Waals surface area contributed by atoms with Crippen molar-refractivity contribution in [1.82, 2.24) is 15.2 Å². The molecule has 0 saturated carbocycles. The second-order valence-electron chi connectivity index (χ2n) is 4.59. The van der Waals surface area contributed by atoms with Crippen LogP contribution in [0.4, 0.5) is 0 Å². The highest BCUT2D eigenvalue weighted by Gasteiger charge is 2.12. The summed E-state index contributed by atoms with van der Waals surface area (Å²) in [4.78, 5) is 23.5. The molecule has 5 nitrogen and oxygen atoms in total. The van der Waals surface area contributed by atoms with Gasteiger partial charge in [-0.1, -0.05) is 5.57 Å². The Morgan fingerprint density at radius 2 is 1.89 bits per heavy atom. The third kappa shape index (κ3) is 3.47. The number of nitrogens with one attached hydrogen (secondary N) is 2. The van der Waals surface area contributed by atoms with Gasteiger partial charge >= 0.3 is 0 Å². The fraction of sp³-hybridized carbons (Fsp3) is 0.429. The molecule has 1 aromatic rings. The molecule has 1 amide bonds. The standard InChI is InChI=1S/C14H21N3O2/c1-9(10(2)15-3)6-11-7-12(13(18)16-4)14(19)17(5)8-11/h7-8,15H,6H2,1-5H3,(H,16,18)/b10-9+. The van der Waals surface area contributed by atoms with Gasteiger partial charge in [-0.3, -0.25) is 9.59 Å². The van der Waals surface area contributed by atoms with E-state index in [1.807, 2.05) is 20.9 Å². The van der Waals surface area contributed by atoms with Crippen molar-refractivity contribution in [2.75, 3.05) is 14.1 Å². The summed E-state index contributed by atoms with van der Waals surface area (Å²) in [5.74, 6) is -0.352. The minimum atomic E-state index is -0.352. The van der Waals surface area contributed by atoms with Gasteiger partial charge in [0.2, 0.25) is 0 Å². The van der Waals surface area contributed by atoms with Gasteiger partial charge in [-0.15, -0.1) is 0 Å². The second kappa shape index (κ2) is 6.22. The van der Waals surface area contributed by atoms with E-state index in [4.69, 9.17) is 0 Å². The first-order valence-corrected chi connectivity index (χ1v) is 6.16. The van der Waals surface area contributed by atoms with Crippen LogP contribution in [-0.2, 0) is 13.5 Å². The van der Waals surface area contributed by atoms with Gasteiger partial charge < -0.3 is 15.2 Å². The van der Waals surface area contributed by atoms with E-state index >= 15 is 0 Å². The second-order valence-corrected chi connectivity index (χ2v) is 4.59. The lowest BCUT2D eigenvalue weighted by atomic mass is 10.0. The smallest absolute Gasteiger partial charge is 0.263 e. The molecule has 0 spiro atoms. The Balaban J connectivity index is 3.22. The van der Waals surface area contributed by atoms with Gasteiger partial charge in [0.15, 0.2) is 0 Å². The maximum atomic E-state index is 11.9. The minimum absolute atomic E-state index is 0.178. The number of carbonyl (C=O) groups excluding carboxylic acids is 1. The summed E-state index contributed by atoms with van der Waals surface area (Å²) >= 11 is 0. The maximum Gasteiger partial charge on any atom is 0.263 e. The van der Waals surface area contributed by atoms with Crippen molar-refractivity contribution < 1.29 is 4.79 Å². The zero-order chi connectivity index (χ0) is 14.6. The van der Waals surface area contributed by atoms with E-state index in [0.717, 1.165) is 11.3 Å². The Morgan fingerprint density at radius 1 is 1.26 bits per heavy atom. The largest absolute Gasteiger partial charge is 0.392 e. The van der Waals surface area contributed by atoms with E-state index in [0.29, 0.717) is 6.42 Å². The Kier molecular flexibility index (Phi) is 4.92.